The number of aliphatic hydroxyl groups is 1. The van der Waals surface area contributed by atoms with Crippen LogP contribution in [0.5, 0.6) is 0 Å². The second kappa shape index (κ2) is 6.27. The van der Waals surface area contributed by atoms with Gasteiger partial charge >= 0.3 is 5.69 Å². The molecule has 1 atom stereocenters. The van der Waals surface area contributed by atoms with E-state index in [0.717, 1.165) is 11.8 Å². The van der Waals surface area contributed by atoms with E-state index in [9.17, 15) is 15.2 Å². The summed E-state index contributed by atoms with van der Waals surface area (Å²) >= 11 is 5.65. The monoisotopic (exact) mass is 294 g/mol. The number of nitrogens with one attached hydrogen (secondary N) is 1. The van der Waals surface area contributed by atoms with Gasteiger partial charge in [0.05, 0.1) is 17.6 Å². The highest BCUT2D eigenvalue weighted by molar-refractivity contribution is 6.28. The lowest BCUT2D eigenvalue weighted by Gasteiger charge is -2.17. The van der Waals surface area contributed by atoms with Crippen molar-refractivity contribution in [3.8, 4) is 0 Å². The van der Waals surface area contributed by atoms with Crippen LogP contribution in [0.25, 0.3) is 0 Å². The van der Waals surface area contributed by atoms with Crippen LogP contribution in [0, 0.1) is 10.1 Å². The van der Waals surface area contributed by atoms with E-state index in [2.05, 4.69) is 15.3 Å². The summed E-state index contributed by atoms with van der Waals surface area (Å²) in [6.45, 7) is -0.247. The number of anilines is 1. The van der Waals surface area contributed by atoms with Crippen molar-refractivity contribution in [2.75, 3.05) is 11.9 Å². The number of benzene rings is 1. The van der Waals surface area contributed by atoms with Crippen LogP contribution in [0.1, 0.15) is 11.6 Å². The molecule has 0 aliphatic carbocycles. The lowest BCUT2D eigenvalue weighted by molar-refractivity contribution is -0.384. The molecule has 1 heterocycles. The standard InChI is InChI=1S/C12H11ClN4O3/c13-12-14-6-10(17(19)20)11(16-12)15-9(7-18)8-4-2-1-3-5-8/h1-6,9,18H,7H2,(H,14,15,16)/t9-/m1/s1. The second-order valence-corrected chi connectivity index (χ2v) is 4.26. The summed E-state index contributed by atoms with van der Waals surface area (Å²) in [6, 6.07) is 8.51. The fourth-order valence-corrected chi connectivity index (χ4v) is 1.81. The van der Waals surface area contributed by atoms with Gasteiger partial charge in [-0.3, -0.25) is 10.1 Å². The maximum atomic E-state index is 10.9. The van der Waals surface area contributed by atoms with Crippen molar-refractivity contribution in [3.05, 3.63) is 57.5 Å². The van der Waals surface area contributed by atoms with E-state index in [0.29, 0.717) is 0 Å². The first-order valence-electron chi connectivity index (χ1n) is 5.71. The van der Waals surface area contributed by atoms with Gasteiger partial charge in [0.2, 0.25) is 11.1 Å². The maximum Gasteiger partial charge on any atom is 0.329 e. The largest absolute Gasteiger partial charge is 0.394 e. The highest BCUT2D eigenvalue weighted by Gasteiger charge is 2.20. The Hall–Kier alpha value is -2.25. The van der Waals surface area contributed by atoms with Gasteiger partial charge < -0.3 is 10.4 Å². The molecule has 1 aromatic heterocycles. The van der Waals surface area contributed by atoms with E-state index in [-0.39, 0.29) is 23.4 Å². The number of halogens is 1. The molecule has 0 bridgehead atoms. The van der Waals surface area contributed by atoms with E-state index in [1.165, 1.54) is 0 Å². The number of nitrogens with zero attached hydrogens (tertiary/aromatic N) is 3. The third-order valence-corrected chi connectivity index (χ3v) is 2.81. The topological polar surface area (TPSA) is 101 Å². The Bertz CT molecular complexity index is 609. The molecular weight excluding hydrogens is 284 g/mol. The first kappa shape index (κ1) is 14.2. The van der Waals surface area contributed by atoms with Gasteiger partial charge in [0.25, 0.3) is 0 Å². The zero-order valence-electron chi connectivity index (χ0n) is 10.2. The number of rotatable bonds is 5. The van der Waals surface area contributed by atoms with E-state index in [1.807, 2.05) is 6.07 Å². The summed E-state index contributed by atoms with van der Waals surface area (Å²) in [6.07, 6.45) is 1.02. The van der Waals surface area contributed by atoms with Crippen LogP contribution in [-0.2, 0) is 0 Å². The molecule has 1 aromatic carbocycles. The average Bonchev–Trinajstić information content (AvgIpc) is 2.45. The van der Waals surface area contributed by atoms with Gasteiger partial charge in [0.15, 0.2) is 0 Å². The second-order valence-electron chi connectivity index (χ2n) is 3.92. The van der Waals surface area contributed by atoms with Gasteiger partial charge in [-0.2, -0.15) is 4.98 Å². The number of aromatic nitrogens is 2. The van der Waals surface area contributed by atoms with Crippen LogP contribution in [0.2, 0.25) is 5.28 Å². The third-order valence-electron chi connectivity index (χ3n) is 2.63. The van der Waals surface area contributed by atoms with Gasteiger partial charge in [-0.25, -0.2) is 4.98 Å². The molecule has 0 fully saturated rings. The van der Waals surface area contributed by atoms with Crippen LogP contribution in [0.15, 0.2) is 36.5 Å². The molecule has 20 heavy (non-hydrogen) atoms. The summed E-state index contributed by atoms with van der Waals surface area (Å²) in [4.78, 5) is 17.7. The minimum atomic E-state index is -0.613. The van der Waals surface area contributed by atoms with Crippen molar-refractivity contribution in [3.63, 3.8) is 0 Å². The lowest BCUT2D eigenvalue weighted by atomic mass is 10.1. The number of hydrogen-bond donors (Lipinski definition) is 2. The number of aliphatic hydroxyl groups excluding tert-OH is 1. The van der Waals surface area contributed by atoms with Crippen molar-refractivity contribution < 1.29 is 10.0 Å². The third kappa shape index (κ3) is 3.19. The normalized spacial score (nSPS) is 11.9. The first-order chi connectivity index (χ1) is 9.61. The molecule has 7 nitrogen and oxygen atoms in total. The SMILES string of the molecule is O=[N+]([O-])c1cnc(Cl)nc1N[C@H](CO)c1ccccc1. The van der Waals surface area contributed by atoms with E-state index in [1.54, 1.807) is 24.3 Å². The Labute approximate surface area is 119 Å². The van der Waals surface area contributed by atoms with Crippen molar-refractivity contribution in [1.29, 1.82) is 0 Å². The Morgan fingerprint density at radius 1 is 1.40 bits per heavy atom. The van der Waals surface area contributed by atoms with Crippen LogP contribution in [-0.4, -0.2) is 26.6 Å². The van der Waals surface area contributed by atoms with Gasteiger partial charge in [-0.15, -0.1) is 0 Å². The average molecular weight is 295 g/mol. The Morgan fingerprint density at radius 3 is 2.70 bits per heavy atom. The lowest BCUT2D eigenvalue weighted by Crippen LogP contribution is -2.16. The molecule has 0 unspecified atom stereocenters. The van der Waals surface area contributed by atoms with Gasteiger partial charge in [0, 0.05) is 0 Å². The molecule has 0 aliphatic heterocycles. The zero-order chi connectivity index (χ0) is 14.5. The molecule has 2 aromatic rings. The molecule has 104 valence electrons. The Kier molecular flexibility index (Phi) is 4.44. The molecule has 0 spiro atoms. The number of nitro groups is 1. The van der Waals surface area contributed by atoms with Crippen molar-refractivity contribution in [2.45, 2.75) is 6.04 Å². The highest BCUT2D eigenvalue weighted by Crippen LogP contribution is 2.26. The van der Waals surface area contributed by atoms with Crippen molar-refractivity contribution in [2.24, 2.45) is 0 Å². The Balaban J connectivity index is 2.32. The fourth-order valence-electron chi connectivity index (χ4n) is 1.68. The van der Waals surface area contributed by atoms with E-state index >= 15 is 0 Å². The predicted molar refractivity (Wildman–Crippen MR) is 73.6 cm³/mol. The summed E-state index contributed by atoms with van der Waals surface area (Å²) in [5.74, 6) is -0.0297. The summed E-state index contributed by atoms with van der Waals surface area (Å²) in [5.41, 5.74) is 0.475. The van der Waals surface area contributed by atoms with Crippen LogP contribution in [0.3, 0.4) is 0 Å². The van der Waals surface area contributed by atoms with E-state index in [4.69, 9.17) is 11.6 Å². The molecule has 8 heteroatoms. The minimum Gasteiger partial charge on any atom is -0.394 e. The molecule has 0 saturated heterocycles. The molecular formula is C12H11ClN4O3. The van der Waals surface area contributed by atoms with Gasteiger partial charge in [0.1, 0.15) is 6.20 Å². The van der Waals surface area contributed by atoms with Crippen LogP contribution in [0.4, 0.5) is 11.5 Å². The molecule has 2 rings (SSSR count). The van der Waals surface area contributed by atoms with E-state index < -0.39 is 11.0 Å². The Morgan fingerprint density at radius 2 is 2.10 bits per heavy atom. The van der Waals surface area contributed by atoms with Gasteiger partial charge in [-0.05, 0) is 17.2 Å². The molecule has 0 radical (unpaired) electrons. The smallest absolute Gasteiger partial charge is 0.329 e. The van der Waals surface area contributed by atoms with Crippen LogP contribution >= 0.6 is 11.6 Å². The molecule has 0 saturated carbocycles. The van der Waals surface area contributed by atoms with Crippen LogP contribution < -0.4 is 5.32 Å². The molecule has 0 aliphatic rings. The minimum absolute atomic E-state index is 0.0297. The summed E-state index contributed by atoms with van der Waals surface area (Å²) < 4.78 is 0. The summed E-state index contributed by atoms with van der Waals surface area (Å²) in [5, 5.41) is 23.1. The zero-order valence-corrected chi connectivity index (χ0v) is 11.0. The fraction of sp³-hybridized carbons (Fsp3) is 0.167. The van der Waals surface area contributed by atoms with Crippen molar-refractivity contribution >= 4 is 23.1 Å². The van der Waals surface area contributed by atoms with Gasteiger partial charge in [-0.1, -0.05) is 30.3 Å². The highest BCUT2D eigenvalue weighted by atomic mass is 35.5. The molecule has 2 N–H and O–H groups in total. The molecule has 0 amide bonds. The summed E-state index contributed by atoms with van der Waals surface area (Å²) in [7, 11) is 0. The number of hydrogen-bond acceptors (Lipinski definition) is 6. The predicted octanol–water partition coefficient (Wildman–Crippen LogP) is 2.18. The first-order valence-corrected chi connectivity index (χ1v) is 6.09. The maximum absolute atomic E-state index is 10.9. The quantitative estimate of drug-likeness (QED) is 0.498. The van der Waals surface area contributed by atoms with Crippen molar-refractivity contribution in [1.82, 2.24) is 9.97 Å².